The van der Waals surface area contributed by atoms with Crippen LogP contribution < -0.4 is 5.32 Å². The van der Waals surface area contributed by atoms with E-state index in [0.29, 0.717) is 24.2 Å². The highest BCUT2D eigenvalue weighted by Crippen LogP contribution is 2.29. The molecule has 1 aliphatic rings. The maximum absolute atomic E-state index is 13.3. The normalized spacial score (nSPS) is 14.7. The van der Waals surface area contributed by atoms with Gasteiger partial charge in [-0.2, -0.15) is 0 Å². The van der Waals surface area contributed by atoms with Crippen molar-refractivity contribution in [1.82, 2.24) is 9.88 Å². The van der Waals surface area contributed by atoms with E-state index in [0.717, 1.165) is 35.1 Å². The number of ether oxygens (including phenoxy) is 1. The molecule has 1 aromatic heterocycles. The number of amides is 1. The average molecular weight is 403 g/mol. The summed E-state index contributed by atoms with van der Waals surface area (Å²) in [6.45, 7) is 3.35. The van der Waals surface area contributed by atoms with E-state index in [1.807, 2.05) is 56.4 Å². The van der Waals surface area contributed by atoms with Gasteiger partial charge in [0, 0.05) is 41.8 Å². The third-order valence-electron chi connectivity index (χ3n) is 5.40. The number of esters is 1. The van der Waals surface area contributed by atoms with Crippen molar-refractivity contribution in [3.63, 3.8) is 0 Å². The molecular formula is C24H25N3O3. The van der Waals surface area contributed by atoms with Crippen LogP contribution in [0.5, 0.6) is 0 Å². The van der Waals surface area contributed by atoms with Crippen LogP contribution in [0.1, 0.15) is 35.0 Å². The molecule has 154 valence electrons. The number of hydrogen-bond donors (Lipinski definition) is 1. The fraction of sp³-hybridized carbons (Fsp3) is 0.292. The number of para-hydroxylation sites is 2. The first-order chi connectivity index (χ1) is 14.6. The van der Waals surface area contributed by atoms with E-state index >= 15 is 0 Å². The van der Waals surface area contributed by atoms with Gasteiger partial charge in [-0.1, -0.05) is 43.3 Å². The Kier molecular flexibility index (Phi) is 5.77. The minimum absolute atomic E-state index is 0.332. The molecule has 30 heavy (non-hydrogen) atoms. The standard InChI is InChI=1S/C24H25N3O3/c1-3-21(23(28)25-16-9-5-4-6-10-16)30-24(29)22-17-11-7-8-12-19(17)26-20-13-14-27(2)15-18(20)22/h4-12,21H,3,13-15H2,1-2H3,(H,25,28). The number of hydrogen-bond acceptors (Lipinski definition) is 5. The molecule has 0 saturated heterocycles. The van der Waals surface area contributed by atoms with Gasteiger partial charge in [0.1, 0.15) is 0 Å². The predicted molar refractivity (Wildman–Crippen MR) is 116 cm³/mol. The van der Waals surface area contributed by atoms with E-state index in [-0.39, 0.29) is 5.91 Å². The molecule has 0 fully saturated rings. The zero-order valence-corrected chi connectivity index (χ0v) is 17.2. The van der Waals surface area contributed by atoms with Crippen LogP contribution in [0.3, 0.4) is 0 Å². The molecular weight excluding hydrogens is 378 g/mol. The van der Waals surface area contributed by atoms with Crippen LogP contribution in [0.4, 0.5) is 5.69 Å². The lowest BCUT2D eigenvalue weighted by molar-refractivity contribution is -0.124. The largest absolute Gasteiger partial charge is 0.449 e. The molecule has 2 aromatic carbocycles. The highest BCUT2D eigenvalue weighted by Gasteiger charge is 2.28. The third kappa shape index (κ3) is 4.04. The maximum atomic E-state index is 13.3. The monoisotopic (exact) mass is 403 g/mol. The summed E-state index contributed by atoms with van der Waals surface area (Å²) in [6.07, 6.45) is 0.291. The smallest absolute Gasteiger partial charge is 0.340 e. The molecule has 0 spiro atoms. The topological polar surface area (TPSA) is 71.5 Å². The molecule has 1 unspecified atom stereocenters. The summed E-state index contributed by atoms with van der Waals surface area (Å²) in [5, 5.41) is 3.58. The molecule has 1 N–H and O–H groups in total. The van der Waals surface area contributed by atoms with E-state index in [9.17, 15) is 9.59 Å². The molecule has 1 atom stereocenters. The van der Waals surface area contributed by atoms with Gasteiger partial charge in [0.25, 0.3) is 5.91 Å². The third-order valence-corrected chi connectivity index (χ3v) is 5.40. The summed E-state index contributed by atoms with van der Waals surface area (Å²) in [5.41, 5.74) is 3.79. The number of fused-ring (bicyclic) bond motifs is 2. The molecule has 1 aliphatic heterocycles. The highest BCUT2D eigenvalue weighted by molar-refractivity contribution is 6.06. The number of likely N-dealkylation sites (N-methyl/N-ethyl adjacent to an activating group) is 1. The lowest BCUT2D eigenvalue weighted by Crippen LogP contribution is -2.34. The number of pyridine rings is 1. The molecule has 0 aliphatic carbocycles. The fourth-order valence-electron chi connectivity index (χ4n) is 3.81. The number of nitrogens with zero attached hydrogens (tertiary/aromatic N) is 2. The Labute approximate surface area is 175 Å². The van der Waals surface area contributed by atoms with E-state index < -0.39 is 12.1 Å². The summed E-state index contributed by atoms with van der Waals surface area (Å²) < 4.78 is 5.73. The molecule has 0 bridgehead atoms. The number of benzene rings is 2. The van der Waals surface area contributed by atoms with Crippen molar-refractivity contribution in [3.8, 4) is 0 Å². The van der Waals surface area contributed by atoms with Gasteiger partial charge in [-0.15, -0.1) is 0 Å². The van der Waals surface area contributed by atoms with E-state index in [1.54, 1.807) is 12.1 Å². The van der Waals surface area contributed by atoms with Crippen molar-refractivity contribution in [2.24, 2.45) is 0 Å². The number of carbonyl (C=O) groups excluding carboxylic acids is 2. The van der Waals surface area contributed by atoms with Gasteiger partial charge >= 0.3 is 5.97 Å². The Morgan fingerprint density at radius 2 is 1.87 bits per heavy atom. The summed E-state index contributed by atoms with van der Waals surface area (Å²) in [7, 11) is 2.02. The summed E-state index contributed by atoms with van der Waals surface area (Å²) in [5.74, 6) is -0.809. The van der Waals surface area contributed by atoms with Gasteiger partial charge in [-0.25, -0.2) is 4.79 Å². The van der Waals surface area contributed by atoms with Gasteiger partial charge in [-0.05, 0) is 31.7 Å². The first-order valence-electron chi connectivity index (χ1n) is 10.2. The molecule has 2 heterocycles. The fourth-order valence-corrected chi connectivity index (χ4v) is 3.81. The second kappa shape index (κ2) is 8.63. The van der Waals surface area contributed by atoms with Crippen molar-refractivity contribution in [1.29, 1.82) is 0 Å². The molecule has 0 radical (unpaired) electrons. The Morgan fingerprint density at radius 3 is 2.63 bits per heavy atom. The van der Waals surface area contributed by atoms with Crippen molar-refractivity contribution in [2.75, 3.05) is 18.9 Å². The number of rotatable bonds is 5. The second-order valence-corrected chi connectivity index (χ2v) is 7.57. The van der Waals surface area contributed by atoms with E-state index in [4.69, 9.17) is 9.72 Å². The quantitative estimate of drug-likeness (QED) is 0.656. The predicted octanol–water partition coefficient (Wildman–Crippen LogP) is 3.80. The van der Waals surface area contributed by atoms with E-state index in [2.05, 4.69) is 10.2 Å². The molecule has 1 amide bonds. The lowest BCUT2D eigenvalue weighted by Gasteiger charge is -2.27. The highest BCUT2D eigenvalue weighted by atomic mass is 16.5. The van der Waals surface area contributed by atoms with Crippen LogP contribution in [0.2, 0.25) is 0 Å². The summed E-state index contributed by atoms with van der Waals surface area (Å²) in [6, 6.07) is 16.8. The lowest BCUT2D eigenvalue weighted by atomic mass is 9.96. The van der Waals surface area contributed by atoms with Crippen LogP contribution in [0, 0.1) is 0 Å². The minimum Gasteiger partial charge on any atom is -0.449 e. The van der Waals surface area contributed by atoms with Gasteiger partial charge in [0.2, 0.25) is 0 Å². The Bertz CT molecular complexity index is 1080. The van der Waals surface area contributed by atoms with Gasteiger partial charge < -0.3 is 15.0 Å². The zero-order chi connectivity index (χ0) is 21.1. The zero-order valence-electron chi connectivity index (χ0n) is 17.2. The molecule has 3 aromatic rings. The molecule has 6 heteroatoms. The van der Waals surface area contributed by atoms with Gasteiger partial charge in [-0.3, -0.25) is 9.78 Å². The van der Waals surface area contributed by atoms with Gasteiger partial charge in [0.15, 0.2) is 6.10 Å². The number of nitrogens with one attached hydrogen (secondary N) is 1. The number of carbonyl (C=O) groups is 2. The average Bonchev–Trinajstić information content (AvgIpc) is 2.76. The van der Waals surface area contributed by atoms with Gasteiger partial charge in [0.05, 0.1) is 11.1 Å². The Hall–Kier alpha value is -3.25. The first kappa shape index (κ1) is 20.0. The van der Waals surface area contributed by atoms with Crippen LogP contribution in [-0.2, 0) is 22.5 Å². The van der Waals surface area contributed by atoms with Crippen LogP contribution in [0.15, 0.2) is 54.6 Å². The molecule has 0 saturated carbocycles. The van der Waals surface area contributed by atoms with Crippen LogP contribution >= 0.6 is 0 Å². The van der Waals surface area contributed by atoms with Crippen molar-refractivity contribution >= 4 is 28.5 Å². The summed E-state index contributed by atoms with van der Waals surface area (Å²) >= 11 is 0. The maximum Gasteiger partial charge on any atom is 0.340 e. The first-order valence-corrected chi connectivity index (χ1v) is 10.2. The van der Waals surface area contributed by atoms with Crippen molar-refractivity contribution in [3.05, 3.63) is 71.4 Å². The van der Waals surface area contributed by atoms with Crippen molar-refractivity contribution in [2.45, 2.75) is 32.4 Å². The number of aromatic nitrogens is 1. The number of anilines is 1. The molecule has 6 nitrogen and oxygen atoms in total. The van der Waals surface area contributed by atoms with Crippen molar-refractivity contribution < 1.29 is 14.3 Å². The SMILES string of the molecule is CCC(OC(=O)c1c2c(nc3ccccc13)CCN(C)C2)C(=O)Nc1ccccc1. The molecule has 4 rings (SSSR count). The second-order valence-electron chi connectivity index (χ2n) is 7.57. The summed E-state index contributed by atoms with van der Waals surface area (Å²) in [4.78, 5) is 33.0. The van der Waals surface area contributed by atoms with Crippen LogP contribution in [-0.4, -0.2) is 41.5 Å². The Morgan fingerprint density at radius 1 is 1.13 bits per heavy atom. The van der Waals surface area contributed by atoms with E-state index in [1.165, 1.54) is 0 Å². The minimum atomic E-state index is -0.874. The van der Waals surface area contributed by atoms with Crippen LogP contribution in [0.25, 0.3) is 10.9 Å². The Balaban J connectivity index is 1.65.